The summed E-state index contributed by atoms with van der Waals surface area (Å²) in [6, 6.07) is 28.4. The van der Waals surface area contributed by atoms with Crippen LogP contribution >= 0.6 is 0 Å². The molecule has 0 aliphatic carbocycles. The highest BCUT2D eigenvalue weighted by Gasteiger charge is 2.38. The zero-order valence-electron chi connectivity index (χ0n) is 16.7. The first-order valence-electron chi connectivity index (χ1n) is 10.3. The summed E-state index contributed by atoms with van der Waals surface area (Å²) < 4.78 is 6.09. The average Bonchev–Trinajstić information content (AvgIpc) is 2.74. The van der Waals surface area contributed by atoms with Gasteiger partial charge in [-0.25, -0.2) is 0 Å². The molecule has 4 rings (SSSR count). The highest BCUT2D eigenvalue weighted by molar-refractivity contribution is 5.45. The van der Waals surface area contributed by atoms with Gasteiger partial charge in [-0.2, -0.15) is 0 Å². The van der Waals surface area contributed by atoms with Crippen LogP contribution in [0.2, 0.25) is 0 Å². The van der Waals surface area contributed by atoms with E-state index in [0.29, 0.717) is 0 Å². The molecule has 28 heavy (non-hydrogen) atoms. The Morgan fingerprint density at radius 2 is 1.75 bits per heavy atom. The van der Waals surface area contributed by atoms with Crippen LogP contribution < -0.4 is 5.32 Å². The van der Waals surface area contributed by atoms with Gasteiger partial charge in [0.05, 0.1) is 13.2 Å². The van der Waals surface area contributed by atoms with Crippen LogP contribution in [-0.4, -0.2) is 13.2 Å². The topological polar surface area (TPSA) is 21.3 Å². The first-order valence-corrected chi connectivity index (χ1v) is 10.3. The predicted molar refractivity (Wildman–Crippen MR) is 115 cm³/mol. The minimum atomic E-state index is -0.0544. The lowest BCUT2D eigenvalue weighted by molar-refractivity contribution is 0.0613. The van der Waals surface area contributed by atoms with Crippen molar-refractivity contribution < 1.29 is 4.74 Å². The highest BCUT2D eigenvalue weighted by Crippen LogP contribution is 2.41. The molecule has 0 spiro atoms. The van der Waals surface area contributed by atoms with Crippen molar-refractivity contribution in [3.05, 3.63) is 107 Å². The van der Waals surface area contributed by atoms with E-state index in [-0.39, 0.29) is 5.41 Å². The quantitative estimate of drug-likeness (QED) is 0.563. The summed E-state index contributed by atoms with van der Waals surface area (Å²) >= 11 is 0. The third kappa shape index (κ3) is 4.04. The molecular formula is C26H29NO. The van der Waals surface area contributed by atoms with Gasteiger partial charge in [0.15, 0.2) is 0 Å². The Morgan fingerprint density at radius 1 is 0.929 bits per heavy atom. The lowest BCUT2D eigenvalue weighted by atomic mass is 9.69. The third-order valence-electron chi connectivity index (χ3n) is 5.83. The smallest absolute Gasteiger partial charge is 0.0720 e. The summed E-state index contributed by atoms with van der Waals surface area (Å²) in [6.45, 7) is 5.55. The predicted octanol–water partition coefficient (Wildman–Crippen LogP) is 5.38. The van der Waals surface area contributed by atoms with Crippen molar-refractivity contribution in [2.45, 2.75) is 38.3 Å². The van der Waals surface area contributed by atoms with Crippen LogP contribution in [0, 0.1) is 6.92 Å². The van der Waals surface area contributed by atoms with Crippen LogP contribution in [0.3, 0.4) is 0 Å². The molecule has 0 saturated heterocycles. The van der Waals surface area contributed by atoms with Gasteiger partial charge in [0.25, 0.3) is 0 Å². The van der Waals surface area contributed by atoms with Gasteiger partial charge < -0.3 is 10.1 Å². The van der Waals surface area contributed by atoms with Gasteiger partial charge in [0.2, 0.25) is 0 Å². The average molecular weight is 372 g/mol. The molecule has 3 aromatic carbocycles. The molecule has 2 nitrogen and oxygen atoms in total. The Balaban J connectivity index is 1.47. The van der Waals surface area contributed by atoms with Crippen LogP contribution in [0.15, 0.2) is 78.9 Å². The summed E-state index contributed by atoms with van der Waals surface area (Å²) in [4.78, 5) is 0. The molecule has 144 valence electrons. The molecule has 1 atom stereocenters. The van der Waals surface area contributed by atoms with E-state index in [1.54, 1.807) is 0 Å². The summed E-state index contributed by atoms with van der Waals surface area (Å²) in [7, 11) is 0. The zero-order chi connectivity index (χ0) is 19.2. The van der Waals surface area contributed by atoms with E-state index < -0.39 is 0 Å². The maximum Gasteiger partial charge on any atom is 0.0720 e. The normalized spacial score (nSPS) is 18.6. The fourth-order valence-electron chi connectivity index (χ4n) is 4.44. The van der Waals surface area contributed by atoms with Crippen molar-refractivity contribution in [3.8, 4) is 0 Å². The number of hydrogen-bond acceptors (Lipinski definition) is 2. The van der Waals surface area contributed by atoms with E-state index in [0.717, 1.165) is 39.1 Å². The van der Waals surface area contributed by atoms with Gasteiger partial charge in [-0.1, -0.05) is 84.4 Å². The van der Waals surface area contributed by atoms with Crippen LogP contribution in [-0.2, 0) is 23.3 Å². The molecule has 0 fully saturated rings. The Hall–Kier alpha value is -2.42. The zero-order valence-corrected chi connectivity index (χ0v) is 16.7. The van der Waals surface area contributed by atoms with Crippen LogP contribution in [0.25, 0.3) is 0 Å². The number of aryl methyl sites for hydroxylation is 1. The second-order valence-corrected chi connectivity index (χ2v) is 7.87. The first-order chi connectivity index (χ1) is 13.8. The molecule has 1 N–H and O–H groups in total. The van der Waals surface area contributed by atoms with Gasteiger partial charge in [-0.3, -0.25) is 0 Å². The summed E-state index contributed by atoms with van der Waals surface area (Å²) in [5.74, 6) is 0. The van der Waals surface area contributed by atoms with Gasteiger partial charge in [0.1, 0.15) is 0 Å². The number of rotatable bonds is 7. The molecular weight excluding hydrogens is 342 g/mol. The highest BCUT2D eigenvalue weighted by atomic mass is 16.5. The Morgan fingerprint density at radius 3 is 2.61 bits per heavy atom. The van der Waals surface area contributed by atoms with Crippen LogP contribution in [0.4, 0.5) is 0 Å². The number of nitrogens with one attached hydrogen (secondary N) is 1. The fraction of sp³-hybridized carbons (Fsp3) is 0.308. The maximum atomic E-state index is 6.09. The monoisotopic (exact) mass is 371 g/mol. The molecule has 0 saturated carbocycles. The van der Waals surface area contributed by atoms with Crippen molar-refractivity contribution >= 4 is 0 Å². The number of benzene rings is 3. The molecule has 0 bridgehead atoms. The first kappa shape index (κ1) is 18.9. The molecule has 3 aromatic rings. The SMILES string of the molecule is Cc1cccc(CNCCCC2(c3ccccc3)COCc3ccccc32)c1. The second-order valence-electron chi connectivity index (χ2n) is 7.87. The number of fused-ring (bicyclic) bond motifs is 1. The minimum Gasteiger partial charge on any atom is -0.375 e. The molecule has 1 aliphatic heterocycles. The van der Waals surface area contributed by atoms with Crippen molar-refractivity contribution in [3.63, 3.8) is 0 Å². The largest absolute Gasteiger partial charge is 0.375 e. The molecule has 0 radical (unpaired) electrons. The number of ether oxygens (including phenoxy) is 1. The number of hydrogen-bond donors (Lipinski definition) is 1. The van der Waals surface area contributed by atoms with Crippen molar-refractivity contribution in [2.75, 3.05) is 13.2 Å². The lowest BCUT2D eigenvalue weighted by Gasteiger charge is -2.40. The molecule has 0 amide bonds. The molecule has 1 aliphatic rings. The van der Waals surface area contributed by atoms with Crippen molar-refractivity contribution in [1.82, 2.24) is 5.32 Å². The van der Waals surface area contributed by atoms with Gasteiger partial charge in [-0.05, 0) is 48.6 Å². The van der Waals surface area contributed by atoms with Crippen LogP contribution in [0.1, 0.15) is 40.7 Å². The lowest BCUT2D eigenvalue weighted by Crippen LogP contribution is -2.38. The van der Waals surface area contributed by atoms with Crippen LogP contribution in [0.5, 0.6) is 0 Å². The van der Waals surface area contributed by atoms with E-state index in [1.807, 2.05) is 0 Å². The van der Waals surface area contributed by atoms with Gasteiger partial charge in [0, 0.05) is 12.0 Å². The Labute approximate surface area is 168 Å². The van der Waals surface area contributed by atoms with E-state index in [2.05, 4.69) is 91.1 Å². The maximum absolute atomic E-state index is 6.09. The molecule has 0 aromatic heterocycles. The van der Waals surface area contributed by atoms with E-state index >= 15 is 0 Å². The van der Waals surface area contributed by atoms with E-state index in [4.69, 9.17) is 4.74 Å². The second kappa shape index (κ2) is 8.72. The fourth-order valence-corrected chi connectivity index (χ4v) is 4.44. The summed E-state index contributed by atoms with van der Waals surface area (Å²) in [5.41, 5.74) is 6.74. The van der Waals surface area contributed by atoms with E-state index in [1.165, 1.54) is 27.8 Å². The molecule has 1 unspecified atom stereocenters. The summed E-state index contributed by atoms with van der Waals surface area (Å²) in [5, 5.41) is 3.62. The minimum absolute atomic E-state index is 0.0544. The Bertz CT molecular complexity index is 905. The summed E-state index contributed by atoms with van der Waals surface area (Å²) in [6.07, 6.45) is 2.19. The van der Waals surface area contributed by atoms with Gasteiger partial charge in [-0.15, -0.1) is 0 Å². The molecule has 1 heterocycles. The standard InChI is InChI=1S/C26H29NO/c1-21-9-7-10-22(17-21)18-27-16-8-15-26(24-12-3-2-4-13-24)20-28-19-23-11-5-6-14-25(23)26/h2-7,9-14,17,27H,8,15-16,18-20H2,1H3. The van der Waals surface area contributed by atoms with Crippen molar-refractivity contribution in [1.29, 1.82) is 0 Å². The van der Waals surface area contributed by atoms with Crippen molar-refractivity contribution in [2.24, 2.45) is 0 Å². The van der Waals surface area contributed by atoms with E-state index in [9.17, 15) is 0 Å². The molecule has 2 heteroatoms. The Kier molecular flexibility index (Phi) is 5.90. The van der Waals surface area contributed by atoms with Gasteiger partial charge >= 0.3 is 0 Å². The third-order valence-corrected chi connectivity index (χ3v) is 5.83.